The van der Waals surface area contributed by atoms with Crippen molar-refractivity contribution in [2.24, 2.45) is 0 Å². The van der Waals surface area contributed by atoms with Crippen molar-refractivity contribution in [2.45, 2.75) is 51.5 Å². The molecule has 1 unspecified atom stereocenters. The number of hydrogen-bond acceptors (Lipinski definition) is 4. The number of rotatable bonds is 9. The first-order valence-corrected chi connectivity index (χ1v) is 8.07. The maximum Gasteiger partial charge on any atom is 0.242 e. The monoisotopic (exact) mass is 299 g/mol. The Labute approximate surface area is 127 Å². The van der Waals surface area contributed by atoms with Gasteiger partial charge in [0.2, 0.25) is 11.8 Å². The molecule has 6 nitrogen and oxygen atoms in total. The van der Waals surface area contributed by atoms with E-state index >= 15 is 0 Å². The van der Waals surface area contributed by atoms with Gasteiger partial charge in [-0.25, -0.2) is 0 Å². The fourth-order valence-corrected chi connectivity index (χ4v) is 2.52. The zero-order valence-electron chi connectivity index (χ0n) is 13.1. The number of amides is 2. The van der Waals surface area contributed by atoms with E-state index in [0.717, 1.165) is 38.6 Å². The minimum Gasteiger partial charge on any atom is -0.395 e. The van der Waals surface area contributed by atoms with Crippen LogP contribution in [0.5, 0.6) is 0 Å². The van der Waals surface area contributed by atoms with Gasteiger partial charge < -0.3 is 15.7 Å². The summed E-state index contributed by atoms with van der Waals surface area (Å²) in [5.74, 6) is -0.220. The molecule has 2 amide bonds. The lowest BCUT2D eigenvalue weighted by molar-refractivity contribution is -0.129. The maximum atomic E-state index is 12.1. The average Bonchev–Trinajstić information content (AvgIpc) is 2.64. The second-order valence-electron chi connectivity index (χ2n) is 5.61. The van der Waals surface area contributed by atoms with Crippen molar-refractivity contribution in [1.29, 1.82) is 0 Å². The van der Waals surface area contributed by atoms with Crippen LogP contribution in [0.2, 0.25) is 0 Å². The van der Waals surface area contributed by atoms with Gasteiger partial charge in [0.05, 0.1) is 13.2 Å². The van der Waals surface area contributed by atoms with Gasteiger partial charge in [-0.05, 0) is 32.2 Å². The van der Waals surface area contributed by atoms with Crippen molar-refractivity contribution in [3.63, 3.8) is 0 Å². The topological polar surface area (TPSA) is 81.7 Å². The van der Waals surface area contributed by atoms with Crippen LogP contribution >= 0.6 is 0 Å². The number of carbonyl (C=O) groups excluding carboxylic acids is 2. The van der Waals surface area contributed by atoms with E-state index in [4.69, 9.17) is 5.11 Å². The molecule has 21 heavy (non-hydrogen) atoms. The Morgan fingerprint density at radius 1 is 1.38 bits per heavy atom. The first kappa shape index (κ1) is 17.9. The Bertz CT molecular complexity index is 323. The largest absolute Gasteiger partial charge is 0.395 e. The number of hydrogen-bond donors (Lipinski definition) is 3. The summed E-state index contributed by atoms with van der Waals surface area (Å²) < 4.78 is 0. The highest BCUT2D eigenvalue weighted by Crippen LogP contribution is 2.05. The molecule has 0 aromatic rings. The van der Waals surface area contributed by atoms with Crippen molar-refractivity contribution >= 4 is 11.8 Å². The lowest BCUT2D eigenvalue weighted by Crippen LogP contribution is -2.49. The van der Waals surface area contributed by atoms with Gasteiger partial charge in [0.15, 0.2) is 0 Å². The number of aliphatic hydroxyl groups excluding tert-OH is 1. The van der Waals surface area contributed by atoms with Crippen LogP contribution in [-0.2, 0) is 9.59 Å². The molecule has 6 heteroatoms. The standard InChI is InChI=1S/C15H29N3O3/c1-2-3-6-9-18(10-11-19)12-14(20)17-13-7-4-5-8-16-15(13)21/h13,19H,2-12H2,1H3,(H,16,21)(H,17,20). The van der Waals surface area contributed by atoms with Crippen LogP contribution in [0.15, 0.2) is 0 Å². The maximum absolute atomic E-state index is 12.1. The van der Waals surface area contributed by atoms with Gasteiger partial charge in [0.25, 0.3) is 0 Å². The molecule has 3 N–H and O–H groups in total. The SMILES string of the molecule is CCCCCN(CCO)CC(=O)NC1CCCCNC1=O. The Balaban J connectivity index is 2.38. The number of carbonyl (C=O) groups is 2. The molecule has 1 saturated heterocycles. The van der Waals surface area contributed by atoms with Gasteiger partial charge in [-0.15, -0.1) is 0 Å². The lowest BCUT2D eigenvalue weighted by atomic mass is 10.1. The molecule has 0 aromatic heterocycles. The van der Waals surface area contributed by atoms with Crippen LogP contribution in [0.1, 0.15) is 45.4 Å². The number of nitrogens with one attached hydrogen (secondary N) is 2. The average molecular weight is 299 g/mol. The molecule has 1 fully saturated rings. The summed E-state index contributed by atoms with van der Waals surface area (Å²) >= 11 is 0. The van der Waals surface area contributed by atoms with E-state index in [-0.39, 0.29) is 25.0 Å². The molecule has 1 aliphatic rings. The first-order valence-electron chi connectivity index (χ1n) is 8.07. The van der Waals surface area contributed by atoms with Crippen LogP contribution in [0.25, 0.3) is 0 Å². The summed E-state index contributed by atoms with van der Waals surface area (Å²) in [6, 6.07) is -0.411. The predicted octanol–water partition coefficient (Wildman–Crippen LogP) is 0.256. The van der Waals surface area contributed by atoms with Crippen LogP contribution in [0, 0.1) is 0 Å². The van der Waals surface area contributed by atoms with E-state index in [1.807, 2.05) is 4.90 Å². The fourth-order valence-electron chi connectivity index (χ4n) is 2.52. The van der Waals surface area contributed by atoms with Crippen molar-refractivity contribution in [3.05, 3.63) is 0 Å². The van der Waals surface area contributed by atoms with Crippen molar-refractivity contribution < 1.29 is 14.7 Å². The smallest absolute Gasteiger partial charge is 0.242 e. The highest BCUT2D eigenvalue weighted by molar-refractivity contribution is 5.88. The fraction of sp³-hybridized carbons (Fsp3) is 0.867. The van der Waals surface area contributed by atoms with Crippen molar-refractivity contribution in [1.82, 2.24) is 15.5 Å². The van der Waals surface area contributed by atoms with E-state index in [1.165, 1.54) is 0 Å². The predicted molar refractivity (Wildman–Crippen MR) is 81.8 cm³/mol. The molecular weight excluding hydrogens is 270 g/mol. The van der Waals surface area contributed by atoms with Gasteiger partial charge in [-0.3, -0.25) is 14.5 Å². The molecule has 1 heterocycles. The zero-order chi connectivity index (χ0) is 15.5. The third-order valence-electron chi connectivity index (χ3n) is 3.73. The third-order valence-corrected chi connectivity index (χ3v) is 3.73. The summed E-state index contributed by atoms with van der Waals surface area (Å²) in [5.41, 5.74) is 0. The quantitative estimate of drug-likeness (QED) is 0.533. The molecule has 1 aliphatic heterocycles. The highest BCUT2D eigenvalue weighted by atomic mass is 16.3. The molecule has 0 aliphatic carbocycles. The van der Waals surface area contributed by atoms with Gasteiger partial charge >= 0.3 is 0 Å². The van der Waals surface area contributed by atoms with E-state index < -0.39 is 6.04 Å². The van der Waals surface area contributed by atoms with Gasteiger partial charge in [0.1, 0.15) is 6.04 Å². The normalized spacial score (nSPS) is 19.2. The van der Waals surface area contributed by atoms with Crippen molar-refractivity contribution in [3.8, 4) is 0 Å². The van der Waals surface area contributed by atoms with Crippen molar-refractivity contribution in [2.75, 3.05) is 32.8 Å². The Hall–Kier alpha value is -1.14. The third kappa shape index (κ3) is 7.43. The molecular formula is C15H29N3O3. The van der Waals surface area contributed by atoms with Crippen LogP contribution in [-0.4, -0.2) is 60.6 Å². The van der Waals surface area contributed by atoms with E-state index in [0.29, 0.717) is 19.5 Å². The van der Waals surface area contributed by atoms with Crippen LogP contribution in [0.3, 0.4) is 0 Å². The summed E-state index contributed by atoms with van der Waals surface area (Å²) in [7, 11) is 0. The number of aliphatic hydroxyl groups is 1. The van der Waals surface area contributed by atoms with E-state index in [9.17, 15) is 9.59 Å². The first-order chi connectivity index (χ1) is 10.2. The Morgan fingerprint density at radius 3 is 2.90 bits per heavy atom. The molecule has 0 radical (unpaired) electrons. The molecule has 0 spiro atoms. The van der Waals surface area contributed by atoms with Crippen LogP contribution < -0.4 is 10.6 Å². The molecule has 0 aromatic carbocycles. The molecule has 0 bridgehead atoms. The van der Waals surface area contributed by atoms with Gasteiger partial charge in [-0.2, -0.15) is 0 Å². The summed E-state index contributed by atoms with van der Waals surface area (Å²) in [6.45, 7) is 4.41. The summed E-state index contributed by atoms with van der Waals surface area (Å²) in [4.78, 5) is 25.8. The van der Waals surface area contributed by atoms with Gasteiger partial charge in [0, 0.05) is 13.1 Å². The number of unbranched alkanes of at least 4 members (excludes halogenated alkanes) is 2. The minimum absolute atomic E-state index is 0.0450. The van der Waals surface area contributed by atoms with E-state index in [2.05, 4.69) is 17.6 Å². The van der Waals surface area contributed by atoms with Gasteiger partial charge in [-0.1, -0.05) is 19.8 Å². The summed E-state index contributed by atoms with van der Waals surface area (Å²) in [5, 5.41) is 14.7. The minimum atomic E-state index is -0.411. The lowest BCUT2D eigenvalue weighted by Gasteiger charge is -2.22. The molecule has 0 saturated carbocycles. The van der Waals surface area contributed by atoms with E-state index in [1.54, 1.807) is 0 Å². The van der Waals surface area contributed by atoms with Crippen LogP contribution in [0.4, 0.5) is 0 Å². The molecule has 1 atom stereocenters. The molecule has 1 rings (SSSR count). The zero-order valence-corrected chi connectivity index (χ0v) is 13.1. The number of nitrogens with zero attached hydrogens (tertiary/aromatic N) is 1. The summed E-state index contributed by atoms with van der Waals surface area (Å²) in [6.07, 6.45) is 5.88. The molecule has 122 valence electrons. The Kier molecular flexibility index (Phi) is 9.01. The Morgan fingerprint density at radius 2 is 2.19 bits per heavy atom. The second-order valence-corrected chi connectivity index (χ2v) is 5.61. The highest BCUT2D eigenvalue weighted by Gasteiger charge is 2.22. The second kappa shape index (κ2) is 10.6.